The van der Waals surface area contributed by atoms with Crippen molar-refractivity contribution in [3.8, 4) is 11.8 Å². The lowest BCUT2D eigenvalue weighted by molar-refractivity contribution is 0.485. The van der Waals surface area contributed by atoms with Crippen LogP contribution < -0.4 is 4.18 Å². The van der Waals surface area contributed by atoms with Gasteiger partial charge >= 0.3 is 10.1 Å². The van der Waals surface area contributed by atoms with Gasteiger partial charge in [0, 0.05) is 21.2 Å². The van der Waals surface area contributed by atoms with E-state index in [2.05, 4.69) is 6.07 Å². The Balaban J connectivity index is 2.06. The lowest BCUT2D eigenvalue weighted by atomic mass is 10.0. The molecule has 3 aromatic carbocycles. The molecule has 30 heavy (non-hydrogen) atoms. The molecule has 0 unspecified atom stereocenters. The van der Waals surface area contributed by atoms with E-state index in [0.29, 0.717) is 21.2 Å². The van der Waals surface area contributed by atoms with Crippen molar-refractivity contribution in [2.75, 3.05) is 0 Å². The topological polar surface area (TPSA) is 67.2 Å². The molecule has 0 heterocycles. The second kappa shape index (κ2) is 9.11. The molecule has 0 bridgehead atoms. The van der Waals surface area contributed by atoms with Crippen LogP contribution in [0.5, 0.6) is 5.75 Å². The van der Waals surface area contributed by atoms with Gasteiger partial charge in [0.2, 0.25) is 0 Å². The number of benzene rings is 3. The Bertz CT molecular complexity index is 1280. The lowest BCUT2D eigenvalue weighted by Gasteiger charge is -2.11. The summed E-state index contributed by atoms with van der Waals surface area (Å²) in [4.78, 5) is 0.0132. The maximum Gasteiger partial charge on any atom is 0.339 e. The Morgan fingerprint density at radius 1 is 0.967 bits per heavy atom. The zero-order valence-corrected chi connectivity index (χ0v) is 18.6. The van der Waals surface area contributed by atoms with Crippen LogP contribution in [-0.4, -0.2) is 8.42 Å². The van der Waals surface area contributed by atoms with E-state index in [-0.39, 0.29) is 21.2 Å². The van der Waals surface area contributed by atoms with Crippen molar-refractivity contribution in [1.29, 1.82) is 5.26 Å². The maximum absolute atomic E-state index is 12.7. The highest BCUT2D eigenvalue weighted by Crippen LogP contribution is 2.32. The molecule has 8 heteroatoms. The first-order valence-electron chi connectivity index (χ1n) is 8.57. The van der Waals surface area contributed by atoms with E-state index < -0.39 is 10.1 Å². The molecule has 3 rings (SSSR count). The molecule has 0 saturated heterocycles. The van der Waals surface area contributed by atoms with Crippen LogP contribution in [0.25, 0.3) is 11.6 Å². The fraction of sp³-hybridized carbons (Fsp3) is 0.0455. The third kappa shape index (κ3) is 5.16. The molecule has 0 aliphatic carbocycles. The molecule has 0 fully saturated rings. The van der Waals surface area contributed by atoms with Gasteiger partial charge in [0.15, 0.2) is 0 Å². The number of nitrogens with zero attached hydrogens (tertiary/aromatic N) is 1. The largest absolute Gasteiger partial charge is 0.378 e. The number of halogens is 3. The Kier molecular flexibility index (Phi) is 6.74. The normalized spacial score (nSPS) is 11.8. The smallest absolute Gasteiger partial charge is 0.339 e. The summed E-state index contributed by atoms with van der Waals surface area (Å²) in [5.74, 6) is 0.0258. The first-order chi connectivity index (χ1) is 14.2. The van der Waals surface area contributed by atoms with Gasteiger partial charge in [0.1, 0.15) is 10.6 Å². The summed E-state index contributed by atoms with van der Waals surface area (Å²) in [6.45, 7) is 1.85. The molecule has 3 aromatic rings. The lowest BCUT2D eigenvalue weighted by Crippen LogP contribution is -2.10. The average molecular weight is 479 g/mol. The third-order valence-electron chi connectivity index (χ3n) is 4.12. The fourth-order valence-electron chi connectivity index (χ4n) is 2.61. The second-order valence-electron chi connectivity index (χ2n) is 6.33. The average Bonchev–Trinajstić information content (AvgIpc) is 2.69. The first kappa shape index (κ1) is 22.2. The highest BCUT2D eigenvalue weighted by molar-refractivity contribution is 7.87. The van der Waals surface area contributed by atoms with E-state index in [4.69, 9.17) is 39.0 Å². The molecule has 0 aliphatic rings. The van der Waals surface area contributed by atoms with Gasteiger partial charge in [0.25, 0.3) is 0 Å². The van der Waals surface area contributed by atoms with Crippen LogP contribution in [0.1, 0.15) is 16.7 Å². The summed E-state index contributed by atoms with van der Waals surface area (Å²) < 4.78 is 30.7. The summed E-state index contributed by atoms with van der Waals surface area (Å²) >= 11 is 18.2. The minimum Gasteiger partial charge on any atom is -0.378 e. The van der Waals surface area contributed by atoms with Gasteiger partial charge in [0.05, 0.1) is 16.7 Å². The van der Waals surface area contributed by atoms with Gasteiger partial charge in [-0.1, -0.05) is 58.6 Å². The molecule has 0 atom stereocenters. The SMILES string of the molecule is Cc1ccc(S(=O)(=O)Oc2ccc(Cl)cc2/C=C(\C#N)c2ccc(Cl)cc2Cl)cc1. The number of allylic oxidation sites excluding steroid dienone is 1. The zero-order valence-electron chi connectivity index (χ0n) is 15.6. The number of hydrogen-bond acceptors (Lipinski definition) is 4. The van der Waals surface area contributed by atoms with Crippen LogP contribution in [0.2, 0.25) is 15.1 Å². The van der Waals surface area contributed by atoms with E-state index in [1.807, 2.05) is 6.92 Å². The molecule has 0 N–H and O–H groups in total. The number of rotatable bonds is 5. The molecule has 4 nitrogen and oxygen atoms in total. The number of hydrogen-bond donors (Lipinski definition) is 0. The Morgan fingerprint density at radius 3 is 2.23 bits per heavy atom. The van der Waals surface area contributed by atoms with Crippen LogP contribution >= 0.6 is 34.8 Å². The van der Waals surface area contributed by atoms with Crippen molar-refractivity contribution in [3.05, 3.63) is 92.4 Å². The summed E-state index contributed by atoms with van der Waals surface area (Å²) in [7, 11) is -4.09. The van der Waals surface area contributed by atoms with Crippen molar-refractivity contribution in [2.45, 2.75) is 11.8 Å². The van der Waals surface area contributed by atoms with Gasteiger partial charge in [-0.15, -0.1) is 0 Å². The van der Waals surface area contributed by atoms with Crippen LogP contribution in [0.4, 0.5) is 0 Å². The Hall–Kier alpha value is -2.49. The first-order valence-corrected chi connectivity index (χ1v) is 11.1. The number of aryl methyl sites for hydroxylation is 1. The monoisotopic (exact) mass is 477 g/mol. The van der Waals surface area contributed by atoms with Gasteiger partial charge < -0.3 is 4.18 Å². The van der Waals surface area contributed by atoms with Crippen LogP contribution in [0.3, 0.4) is 0 Å². The highest BCUT2D eigenvalue weighted by atomic mass is 35.5. The quantitative estimate of drug-likeness (QED) is 0.230. The molecule has 0 saturated carbocycles. The summed E-state index contributed by atoms with van der Waals surface area (Å²) in [6, 6.07) is 17.5. The van der Waals surface area contributed by atoms with Crippen LogP contribution in [0.15, 0.2) is 65.6 Å². The standard InChI is InChI=1S/C22H14Cl3NO3S/c1-14-2-6-19(7-3-14)30(27,28)29-22-9-5-17(23)11-15(22)10-16(13-26)20-8-4-18(24)12-21(20)25/h2-12H,1H3/b16-10+. The summed E-state index contributed by atoms with van der Waals surface area (Å²) in [5, 5.41) is 10.7. The van der Waals surface area contributed by atoms with Gasteiger partial charge in [-0.05, 0) is 55.5 Å². The molecular weight excluding hydrogens is 465 g/mol. The van der Waals surface area contributed by atoms with Crippen molar-refractivity contribution in [1.82, 2.24) is 0 Å². The van der Waals surface area contributed by atoms with Gasteiger partial charge in [-0.2, -0.15) is 13.7 Å². The van der Waals surface area contributed by atoms with Gasteiger partial charge in [-0.3, -0.25) is 0 Å². The zero-order chi connectivity index (χ0) is 21.9. The predicted octanol–water partition coefficient (Wildman–Crippen LogP) is 6.79. The molecule has 0 aliphatic heterocycles. The molecule has 0 radical (unpaired) electrons. The molecule has 0 aromatic heterocycles. The minimum absolute atomic E-state index is 0.0132. The van der Waals surface area contributed by atoms with E-state index in [1.165, 1.54) is 42.5 Å². The van der Waals surface area contributed by atoms with Crippen molar-refractivity contribution in [2.24, 2.45) is 0 Å². The van der Waals surface area contributed by atoms with E-state index in [0.717, 1.165) is 5.56 Å². The highest BCUT2D eigenvalue weighted by Gasteiger charge is 2.19. The summed E-state index contributed by atoms with van der Waals surface area (Å²) in [5.41, 5.74) is 1.86. The molecule has 0 amide bonds. The summed E-state index contributed by atoms with van der Waals surface area (Å²) in [6.07, 6.45) is 1.46. The van der Waals surface area contributed by atoms with Crippen molar-refractivity contribution in [3.63, 3.8) is 0 Å². The minimum atomic E-state index is -4.09. The predicted molar refractivity (Wildman–Crippen MR) is 120 cm³/mol. The van der Waals surface area contributed by atoms with Crippen molar-refractivity contribution >= 4 is 56.6 Å². The van der Waals surface area contributed by atoms with Gasteiger partial charge in [-0.25, -0.2) is 0 Å². The second-order valence-corrected chi connectivity index (χ2v) is 9.15. The maximum atomic E-state index is 12.7. The van der Waals surface area contributed by atoms with E-state index >= 15 is 0 Å². The van der Waals surface area contributed by atoms with E-state index in [1.54, 1.807) is 24.3 Å². The third-order valence-corrected chi connectivity index (χ3v) is 6.15. The van der Waals surface area contributed by atoms with Crippen LogP contribution in [-0.2, 0) is 10.1 Å². The molecular formula is C22H14Cl3NO3S. The molecule has 152 valence electrons. The fourth-order valence-corrected chi connectivity index (χ4v) is 4.26. The van der Waals surface area contributed by atoms with E-state index in [9.17, 15) is 13.7 Å². The molecule has 0 spiro atoms. The van der Waals surface area contributed by atoms with Crippen molar-refractivity contribution < 1.29 is 12.6 Å². The Labute approximate surface area is 190 Å². The van der Waals surface area contributed by atoms with Crippen LogP contribution in [0, 0.1) is 18.3 Å². The number of nitriles is 1. The Morgan fingerprint density at radius 2 is 1.60 bits per heavy atom.